The lowest BCUT2D eigenvalue weighted by atomic mass is 10.3. The van der Waals surface area contributed by atoms with Crippen molar-refractivity contribution in [1.29, 1.82) is 0 Å². The second-order valence-electron chi connectivity index (χ2n) is 1.68. The molecule has 0 amide bonds. The summed E-state index contributed by atoms with van der Waals surface area (Å²) in [4.78, 5) is 13.7. The van der Waals surface area contributed by atoms with Gasteiger partial charge in [-0.15, -0.1) is 0 Å². The van der Waals surface area contributed by atoms with E-state index in [0.717, 1.165) is 0 Å². The number of carbonyl (C=O) groups excluding carboxylic acids is 1. The molecule has 10 heavy (non-hydrogen) atoms. The normalized spacial score (nSPS) is 9.30. The number of carboxylic acids is 1. The van der Waals surface area contributed by atoms with E-state index in [2.05, 4.69) is 4.98 Å². The van der Waals surface area contributed by atoms with Crippen molar-refractivity contribution in [1.82, 2.24) is 4.98 Å². The van der Waals surface area contributed by atoms with Crippen LogP contribution in [-0.4, -0.2) is 11.0 Å². The number of aromatic nitrogens is 1. The smallest absolute Gasteiger partial charge is 0.0731 e. The highest BCUT2D eigenvalue weighted by Crippen LogP contribution is 2.06. The largest absolute Gasteiger partial charge is 0.545 e. The van der Waals surface area contributed by atoms with Gasteiger partial charge in [0.1, 0.15) is 0 Å². The molecular weight excluding hydrogens is 154 g/mol. The topological polar surface area (TPSA) is 53.0 Å². The fourth-order valence-corrected chi connectivity index (χ4v) is 0.697. The van der Waals surface area contributed by atoms with Gasteiger partial charge in [-0.05, 0) is 6.07 Å². The van der Waals surface area contributed by atoms with Crippen molar-refractivity contribution in [2.45, 2.75) is 0 Å². The fraction of sp³-hybridized carbons (Fsp3) is 0. The number of nitrogens with zero attached hydrogens (tertiary/aromatic N) is 1. The first-order valence-electron chi connectivity index (χ1n) is 2.52. The molecule has 0 unspecified atom stereocenters. The van der Waals surface area contributed by atoms with Crippen LogP contribution in [0, 0.1) is 0 Å². The highest BCUT2D eigenvalue weighted by molar-refractivity contribution is 6.30. The lowest BCUT2D eigenvalue weighted by molar-refractivity contribution is -0.255. The average Bonchev–Trinajstić information content (AvgIpc) is 1.88. The molecule has 1 aromatic rings. The van der Waals surface area contributed by atoms with Gasteiger partial charge in [-0.25, -0.2) is 0 Å². The molecule has 0 spiro atoms. The number of hydrogen-bond donors (Lipinski definition) is 0. The minimum absolute atomic E-state index is 0.00694. The Morgan fingerprint density at radius 3 is 2.70 bits per heavy atom. The van der Waals surface area contributed by atoms with E-state index in [1.165, 1.54) is 18.5 Å². The zero-order valence-electron chi connectivity index (χ0n) is 4.87. The van der Waals surface area contributed by atoms with Gasteiger partial charge in [-0.3, -0.25) is 4.98 Å². The molecule has 4 heteroatoms. The van der Waals surface area contributed by atoms with Gasteiger partial charge in [0.2, 0.25) is 0 Å². The lowest BCUT2D eigenvalue weighted by Crippen LogP contribution is -2.22. The zero-order chi connectivity index (χ0) is 7.56. The maximum absolute atomic E-state index is 10.1. The molecule has 0 aliphatic rings. The number of rotatable bonds is 1. The van der Waals surface area contributed by atoms with Crippen molar-refractivity contribution in [3.8, 4) is 0 Å². The van der Waals surface area contributed by atoms with Gasteiger partial charge in [0.25, 0.3) is 0 Å². The highest BCUT2D eigenvalue weighted by Gasteiger charge is 1.93. The third-order valence-corrected chi connectivity index (χ3v) is 1.15. The molecule has 52 valence electrons. The molecule has 0 aliphatic carbocycles. The SMILES string of the molecule is O=C([O-])c1cncc(Cl)c1. The van der Waals surface area contributed by atoms with E-state index in [-0.39, 0.29) is 5.56 Å². The van der Waals surface area contributed by atoms with Crippen LogP contribution in [0.1, 0.15) is 10.4 Å². The lowest BCUT2D eigenvalue weighted by Gasteiger charge is -1.99. The van der Waals surface area contributed by atoms with Gasteiger partial charge in [0.05, 0.1) is 11.0 Å². The summed E-state index contributed by atoms with van der Waals surface area (Å²) in [6, 6.07) is 1.28. The van der Waals surface area contributed by atoms with E-state index >= 15 is 0 Å². The number of halogens is 1. The summed E-state index contributed by atoms with van der Waals surface area (Å²) in [5, 5.41) is 10.4. The van der Waals surface area contributed by atoms with Gasteiger partial charge in [-0.2, -0.15) is 0 Å². The van der Waals surface area contributed by atoms with Crippen LogP contribution in [0.15, 0.2) is 18.5 Å². The van der Waals surface area contributed by atoms with Crippen molar-refractivity contribution >= 4 is 17.6 Å². The Labute approximate surface area is 62.3 Å². The van der Waals surface area contributed by atoms with Crippen molar-refractivity contribution in [2.24, 2.45) is 0 Å². The Kier molecular flexibility index (Phi) is 1.87. The standard InChI is InChI=1S/C6H4ClNO2/c7-5-1-4(6(9)10)2-8-3-5/h1-3H,(H,9,10)/p-1. The molecule has 1 heterocycles. The Balaban J connectivity index is 3.07. The third-order valence-electron chi connectivity index (χ3n) is 0.941. The predicted molar refractivity (Wildman–Crippen MR) is 33.6 cm³/mol. The monoisotopic (exact) mass is 156 g/mol. The molecule has 0 aliphatic heterocycles. The number of carboxylic acid groups (broad SMARTS) is 1. The predicted octanol–water partition coefficient (Wildman–Crippen LogP) is 0.0985. The molecule has 0 N–H and O–H groups in total. The van der Waals surface area contributed by atoms with Crippen LogP contribution in [0.2, 0.25) is 5.02 Å². The Hall–Kier alpha value is -1.09. The average molecular weight is 157 g/mol. The van der Waals surface area contributed by atoms with Crippen molar-refractivity contribution < 1.29 is 9.90 Å². The van der Waals surface area contributed by atoms with Crippen LogP contribution in [0.4, 0.5) is 0 Å². The molecule has 1 aromatic heterocycles. The first kappa shape index (κ1) is 7.02. The van der Waals surface area contributed by atoms with E-state index in [4.69, 9.17) is 11.6 Å². The van der Waals surface area contributed by atoms with Crippen LogP contribution in [-0.2, 0) is 0 Å². The van der Waals surface area contributed by atoms with Crippen molar-refractivity contribution in [3.05, 3.63) is 29.0 Å². The number of aromatic carboxylic acids is 1. The molecule has 0 fully saturated rings. The van der Waals surface area contributed by atoms with E-state index in [1.54, 1.807) is 0 Å². The van der Waals surface area contributed by atoms with Gasteiger partial charge in [0, 0.05) is 18.0 Å². The van der Waals surface area contributed by atoms with E-state index in [9.17, 15) is 9.90 Å². The summed E-state index contributed by atoms with van der Waals surface area (Å²) in [6.07, 6.45) is 2.54. The number of hydrogen-bond acceptors (Lipinski definition) is 3. The first-order chi connectivity index (χ1) is 4.70. The van der Waals surface area contributed by atoms with Crippen molar-refractivity contribution in [3.63, 3.8) is 0 Å². The molecule has 3 nitrogen and oxygen atoms in total. The minimum atomic E-state index is -1.27. The van der Waals surface area contributed by atoms with E-state index in [1.807, 2.05) is 0 Å². The van der Waals surface area contributed by atoms with Gasteiger partial charge >= 0.3 is 0 Å². The molecular formula is C6H3ClNO2-. The fourth-order valence-electron chi connectivity index (χ4n) is 0.523. The molecule has 0 aromatic carbocycles. The van der Waals surface area contributed by atoms with Gasteiger partial charge in [-0.1, -0.05) is 11.6 Å². The molecule has 0 saturated heterocycles. The summed E-state index contributed by atoms with van der Waals surface area (Å²) in [6.45, 7) is 0. The number of pyridine rings is 1. The summed E-state index contributed by atoms with van der Waals surface area (Å²) in [5.74, 6) is -1.27. The van der Waals surface area contributed by atoms with Crippen LogP contribution in [0.5, 0.6) is 0 Å². The molecule has 0 radical (unpaired) electrons. The van der Waals surface area contributed by atoms with Gasteiger partial charge < -0.3 is 9.90 Å². The zero-order valence-corrected chi connectivity index (χ0v) is 5.63. The Morgan fingerprint density at radius 2 is 2.30 bits per heavy atom. The molecule has 1 rings (SSSR count). The van der Waals surface area contributed by atoms with Gasteiger partial charge in [0.15, 0.2) is 0 Å². The Bertz CT molecular complexity index is 262. The summed E-state index contributed by atoms with van der Waals surface area (Å²) in [5.41, 5.74) is -0.00694. The van der Waals surface area contributed by atoms with Crippen LogP contribution >= 0.6 is 11.6 Å². The second kappa shape index (κ2) is 2.66. The second-order valence-corrected chi connectivity index (χ2v) is 2.12. The van der Waals surface area contributed by atoms with E-state index in [0.29, 0.717) is 5.02 Å². The summed E-state index contributed by atoms with van der Waals surface area (Å²) >= 11 is 5.44. The Morgan fingerprint density at radius 1 is 1.60 bits per heavy atom. The maximum Gasteiger partial charge on any atom is 0.0731 e. The van der Waals surface area contributed by atoms with Crippen LogP contribution in [0.25, 0.3) is 0 Å². The maximum atomic E-state index is 10.1. The molecule has 0 atom stereocenters. The number of carbonyl (C=O) groups is 1. The first-order valence-corrected chi connectivity index (χ1v) is 2.90. The highest BCUT2D eigenvalue weighted by atomic mass is 35.5. The molecule has 0 bridgehead atoms. The summed E-state index contributed by atoms with van der Waals surface area (Å²) < 4.78 is 0. The third kappa shape index (κ3) is 1.45. The molecule has 0 saturated carbocycles. The van der Waals surface area contributed by atoms with Crippen molar-refractivity contribution in [2.75, 3.05) is 0 Å². The quantitative estimate of drug-likeness (QED) is 0.580. The van der Waals surface area contributed by atoms with Crippen LogP contribution in [0.3, 0.4) is 0 Å². The van der Waals surface area contributed by atoms with E-state index < -0.39 is 5.97 Å². The van der Waals surface area contributed by atoms with Crippen LogP contribution < -0.4 is 5.11 Å². The summed E-state index contributed by atoms with van der Waals surface area (Å²) in [7, 11) is 0. The minimum Gasteiger partial charge on any atom is -0.545 e.